The van der Waals surface area contributed by atoms with Crippen LogP contribution in [0.4, 0.5) is 10.2 Å². The van der Waals surface area contributed by atoms with Crippen LogP contribution in [0.25, 0.3) is 39.4 Å². The Hall–Kier alpha value is -4.10. The van der Waals surface area contributed by atoms with Gasteiger partial charge in [0.25, 0.3) is 0 Å². The fraction of sp³-hybridized carbons (Fsp3) is 0.115. The minimum atomic E-state index is -0.298. The summed E-state index contributed by atoms with van der Waals surface area (Å²) in [7, 11) is 0. The molecule has 6 nitrogen and oxygen atoms in total. The third-order valence-corrected chi connectivity index (χ3v) is 5.14. The fourth-order valence-corrected chi connectivity index (χ4v) is 3.56. The highest BCUT2D eigenvalue weighted by Crippen LogP contribution is 2.32. The molecule has 0 atom stereocenters. The van der Waals surface area contributed by atoms with E-state index in [0.717, 1.165) is 22.3 Å². The van der Waals surface area contributed by atoms with Crippen LogP contribution in [0.2, 0.25) is 0 Å². The van der Waals surface area contributed by atoms with Crippen molar-refractivity contribution >= 4 is 16.9 Å². The van der Waals surface area contributed by atoms with Crippen molar-refractivity contribution in [3.8, 4) is 28.3 Å². The van der Waals surface area contributed by atoms with E-state index in [1.54, 1.807) is 24.5 Å². The molecule has 3 N–H and O–H groups in total. The summed E-state index contributed by atoms with van der Waals surface area (Å²) in [6.45, 7) is 3.96. The highest BCUT2D eigenvalue weighted by Gasteiger charge is 2.18. The Balaban J connectivity index is 0.00000126. The normalized spacial score (nSPS) is 10.7. The van der Waals surface area contributed by atoms with Gasteiger partial charge in [0.2, 0.25) is 0 Å². The first-order valence-electron chi connectivity index (χ1n) is 10.7. The number of rotatable bonds is 4. The number of imidazole rings is 1. The molecule has 5 aromatic rings. The van der Waals surface area contributed by atoms with Crippen LogP contribution in [-0.2, 0) is 6.61 Å². The zero-order chi connectivity index (χ0) is 23.4. The Kier molecular flexibility index (Phi) is 6.42. The molecule has 0 amide bonds. The number of aliphatic hydroxyl groups excluding tert-OH is 1. The maximum absolute atomic E-state index is 13.4. The van der Waals surface area contributed by atoms with E-state index in [0.29, 0.717) is 28.4 Å². The number of benzene rings is 2. The lowest BCUT2D eigenvalue weighted by atomic mass is 10.1. The van der Waals surface area contributed by atoms with Crippen molar-refractivity contribution in [2.24, 2.45) is 0 Å². The van der Waals surface area contributed by atoms with Crippen molar-refractivity contribution in [2.75, 3.05) is 5.73 Å². The summed E-state index contributed by atoms with van der Waals surface area (Å²) < 4.78 is 15.3. The van der Waals surface area contributed by atoms with Crippen molar-refractivity contribution in [2.45, 2.75) is 20.5 Å². The first kappa shape index (κ1) is 22.1. The van der Waals surface area contributed by atoms with Gasteiger partial charge in [-0.05, 0) is 60.2 Å². The fourth-order valence-electron chi connectivity index (χ4n) is 3.56. The van der Waals surface area contributed by atoms with Gasteiger partial charge in [-0.3, -0.25) is 9.55 Å². The first-order valence-corrected chi connectivity index (χ1v) is 10.7. The second kappa shape index (κ2) is 9.58. The standard InChI is InChI=1S/C24H18FN5O.C2H6/c25-17-7-5-16(6-8-17)20-12-22-21(13-28-20)29-24(19-2-1-11-27-23(19)26)30(22)18-9-3-15(14-31)4-10-18;1-2/h1-13,31H,14H2,(H2,26,27);1-2H3. The Labute approximate surface area is 191 Å². The molecule has 0 unspecified atom stereocenters. The number of nitrogen functional groups attached to an aromatic ring is 1. The topological polar surface area (TPSA) is 89.9 Å². The van der Waals surface area contributed by atoms with Crippen LogP contribution in [0.1, 0.15) is 19.4 Å². The molecule has 33 heavy (non-hydrogen) atoms. The maximum Gasteiger partial charge on any atom is 0.149 e. The second-order valence-corrected chi connectivity index (χ2v) is 7.10. The summed E-state index contributed by atoms with van der Waals surface area (Å²) in [4.78, 5) is 13.5. The molecule has 0 radical (unpaired) electrons. The SMILES string of the molecule is CC.Nc1ncccc1-c1nc2cnc(-c3ccc(F)cc3)cc2n1-c1ccc(CO)cc1. The number of aliphatic hydroxyl groups is 1. The van der Waals surface area contributed by atoms with E-state index >= 15 is 0 Å². The Morgan fingerprint density at radius 1 is 0.970 bits per heavy atom. The van der Waals surface area contributed by atoms with Crippen molar-refractivity contribution in [1.29, 1.82) is 0 Å². The minimum Gasteiger partial charge on any atom is -0.392 e. The molecule has 3 heterocycles. The van der Waals surface area contributed by atoms with E-state index in [4.69, 9.17) is 10.7 Å². The zero-order valence-electron chi connectivity index (χ0n) is 18.4. The predicted octanol–water partition coefficient (Wildman–Crippen LogP) is 5.39. The Bertz CT molecular complexity index is 1380. The molecule has 0 aliphatic heterocycles. The van der Waals surface area contributed by atoms with Gasteiger partial charge < -0.3 is 10.8 Å². The number of hydrogen-bond acceptors (Lipinski definition) is 5. The zero-order valence-corrected chi connectivity index (χ0v) is 18.4. The molecular weight excluding hydrogens is 417 g/mol. The van der Waals surface area contributed by atoms with E-state index in [1.165, 1.54) is 12.1 Å². The van der Waals surface area contributed by atoms with Gasteiger partial charge >= 0.3 is 0 Å². The number of anilines is 1. The third kappa shape index (κ3) is 4.31. The predicted molar refractivity (Wildman–Crippen MR) is 129 cm³/mol. The van der Waals surface area contributed by atoms with Crippen molar-refractivity contribution in [1.82, 2.24) is 19.5 Å². The monoisotopic (exact) mass is 441 g/mol. The molecule has 166 valence electrons. The van der Waals surface area contributed by atoms with Gasteiger partial charge in [-0.15, -0.1) is 0 Å². The third-order valence-electron chi connectivity index (χ3n) is 5.14. The number of halogens is 1. The molecule has 3 aromatic heterocycles. The van der Waals surface area contributed by atoms with Crippen molar-refractivity contribution in [3.63, 3.8) is 0 Å². The number of hydrogen-bond donors (Lipinski definition) is 2. The number of nitrogens with zero attached hydrogens (tertiary/aromatic N) is 4. The number of aromatic nitrogens is 4. The van der Waals surface area contributed by atoms with Crippen LogP contribution in [0, 0.1) is 5.82 Å². The largest absolute Gasteiger partial charge is 0.392 e. The Morgan fingerprint density at radius 3 is 2.36 bits per heavy atom. The summed E-state index contributed by atoms with van der Waals surface area (Å²) in [5.41, 5.74) is 11.5. The minimum absolute atomic E-state index is 0.0357. The van der Waals surface area contributed by atoms with Gasteiger partial charge in [0, 0.05) is 17.4 Å². The number of pyridine rings is 2. The van der Waals surface area contributed by atoms with Crippen LogP contribution >= 0.6 is 0 Å². The highest BCUT2D eigenvalue weighted by molar-refractivity contribution is 5.87. The summed E-state index contributed by atoms with van der Waals surface area (Å²) in [6.07, 6.45) is 3.33. The smallest absolute Gasteiger partial charge is 0.149 e. The maximum atomic E-state index is 13.4. The molecule has 0 bridgehead atoms. The lowest BCUT2D eigenvalue weighted by Crippen LogP contribution is -2.01. The molecule has 5 rings (SSSR count). The van der Waals surface area contributed by atoms with Gasteiger partial charge in [-0.25, -0.2) is 14.4 Å². The summed E-state index contributed by atoms with van der Waals surface area (Å²) in [5, 5.41) is 9.40. The molecule has 7 heteroatoms. The number of nitrogens with two attached hydrogens (primary N) is 1. The summed E-state index contributed by atoms with van der Waals surface area (Å²) >= 11 is 0. The van der Waals surface area contributed by atoms with Crippen molar-refractivity contribution < 1.29 is 9.50 Å². The first-order chi connectivity index (χ1) is 16.1. The van der Waals surface area contributed by atoms with Crippen LogP contribution in [0.5, 0.6) is 0 Å². The van der Waals surface area contributed by atoms with Gasteiger partial charge in [0.15, 0.2) is 0 Å². The van der Waals surface area contributed by atoms with Gasteiger partial charge in [-0.1, -0.05) is 26.0 Å². The van der Waals surface area contributed by atoms with Gasteiger partial charge in [-0.2, -0.15) is 0 Å². The summed E-state index contributed by atoms with van der Waals surface area (Å²) in [6, 6.07) is 19.4. The lowest BCUT2D eigenvalue weighted by molar-refractivity contribution is 0.282. The average Bonchev–Trinajstić information content (AvgIpc) is 3.24. The average molecular weight is 442 g/mol. The van der Waals surface area contributed by atoms with Crippen LogP contribution in [0.15, 0.2) is 79.1 Å². The molecule has 0 aliphatic rings. The molecule has 0 saturated heterocycles. The molecule has 0 aliphatic carbocycles. The molecule has 0 spiro atoms. The lowest BCUT2D eigenvalue weighted by Gasteiger charge is -2.11. The van der Waals surface area contributed by atoms with Crippen LogP contribution < -0.4 is 5.73 Å². The second-order valence-electron chi connectivity index (χ2n) is 7.10. The van der Waals surface area contributed by atoms with E-state index < -0.39 is 0 Å². The number of fused-ring (bicyclic) bond motifs is 1. The summed E-state index contributed by atoms with van der Waals surface area (Å²) in [5.74, 6) is 0.710. The quantitative estimate of drug-likeness (QED) is 0.390. The molecular formula is C26H24FN5O. The van der Waals surface area contributed by atoms with E-state index in [-0.39, 0.29) is 12.4 Å². The molecule has 2 aromatic carbocycles. The van der Waals surface area contributed by atoms with Crippen LogP contribution in [-0.4, -0.2) is 24.6 Å². The van der Waals surface area contributed by atoms with E-state index in [9.17, 15) is 9.50 Å². The molecule has 0 saturated carbocycles. The Morgan fingerprint density at radius 2 is 1.70 bits per heavy atom. The van der Waals surface area contributed by atoms with Crippen molar-refractivity contribution in [3.05, 3.63) is 90.5 Å². The van der Waals surface area contributed by atoms with E-state index in [1.807, 2.05) is 60.9 Å². The van der Waals surface area contributed by atoms with Crippen LogP contribution in [0.3, 0.4) is 0 Å². The van der Waals surface area contributed by atoms with E-state index in [2.05, 4.69) is 9.97 Å². The highest BCUT2D eigenvalue weighted by atomic mass is 19.1. The van der Waals surface area contributed by atoms with Gasteiger partial charge in [0.1, 0.15) is 23.0 Å². The molecule has 0 fully saturated rings. The van der Waals surface area contributed by atoms with Gasteiger partial charge in [0.05, 0.1) is 29.6 Å².